The van der Waals surface area contributed by atoms with Gasteiger partial charge in [0.15, 0.2) is 11.5 Å². The lowest BCUT2D eigenvalue weighted by Crippen LogP contribution is -1.94. The van der Waals surface area contributed by atoms with Crippen molar-refractivity contribution in [3.05, 3.63) is 91.0 Å². The topological polar surface area (TPSA) is 88.4 Å². The quantitative estimate of drug-likeness (QED) is 0.357. The Balaban J connectivity index is 1.74. The van der Waals surface area contributed by atoms with Crippen molar-refractivity contribution >= 4 is 0 Å². The van der Waals surface area contributed by atoms with Crippen LogP contribution in [0.15, 0.2) is 91.0 Å². The minimum absolute atomic E-state index is 0.0503. The summed E-state index contributed by atoms with van der Waals surface area (Å²) in [6, 6.07) is 24.2. The van der Waals surface area contributed by atoms with Gasteiger partial charge >= 0.3 is 0 Å². The predicted molar refractivity (Wildman–Crippen MR) is 111 cm³/mol. The van der Waals surface area contributed by atoms with Gasteiger partial charge < -0.3 is 29.5 Å². The number of phenols is 3. The number of ether oxygens (including phenoxy) is 3. The highest BCUT2D eigenvalue weighted by Crippen LogP contribution is 2.44. The van der Waals surface area contributed by atoms with Crippen LogP contribution in [-0.2, 0) is 0 Å². The third kappa shape index (κ3) is 4.56. The number of para-hydroxylation sites is 1. The maximum absolute atomic E-state index is 9.76. The summed E-state index contributed by atoms with van der Waals surface area (Å²) in [6.07, 6.45) is 0. The molecule has 0 radical (unpaired) electrons. The van der Waals surface area contributed by atoms with Crippen molar-refractivity contribution in [2.75, 3.05) is 0 Å². The van der Waals surface area contributed by atoms with Crippen LogP contribution >= 0.6 is 0 Å². The normalized spacial score (nSPS) is 10.4. The minimum atomic E-state index is 0.0503. The fourth-order valence-corrected chi connectivity index (χ4v) is 2.77. The number of rotatable bonds is 6. The standard InChI is InChI=1S/C24H18O6/c25-16-5-1-8-19(13-16)28-22-11-4-12-23(29-20-9-2-6-17(26)14-20)24(22)30-21-10-3-7-18(27)15-21/h1-15,25-27H. The zero-order valence-electron chi connectivity index (χ0n) is 15.7. The van der Waals surface area contributed by atoms with Gasteiger partial charge in [-0.15, -0.1) is 0 Å². The van der Waals surface area contributed by atoms with E-state index >= 15 is 0 Å². The van der Waals surface area contributed by atoms with Crippen LogP contribution in [0.5, 0.6) is 51.7 Å². The van der Waals surface area contributed by atoms with E-state index in [1.165, 1.54) is 24.3 Å². The lowest BCUT2D eigenvalue weighted by atomic mass is 10.2. The summed E-state index contributed by atoms with van der Waals surface area (Å²) in [5.74, 6) is 2.30. The first kappa shape index (κ1) is 19.0. The summed E-state index contributed by atoms with van der Waals surface area (Å²) >= 11 is 0. The number of hydrogen-bond acceptors (Lipinski definition) is 6. The zero-order valence-corrected chi connectivity index (χ0v) is 15.7. The molecule has 4 aromatic carbocycles. The SMILES string of the molecule is Oc1cccc(Oc2cccc(Oc3cccc(O)c3)c2Oc2cccc(O)c2)c1. The molecular weight excluding hydrogens is 384 g/mol. The maximum Gasteiger partial charge on any atom is 0.212 e. The van der Waals surface area contributed by atoms with E-state index in [-0.39, 0.29) is 23.0 Å². The van der Waals surface area contributed by atoms with Crippen molar-refractivity contribution in [2.24, 2.45) is 0 Å². The molecular formula is C24H18O6. The maximum atomic E-state index is 9.76. The molecule has 6 nitrogen and oxygen atoms in total. The number of phenolic OH excluding ortho intramolecular Hbond substituents is 3. The summed E-state index contributed by atoms with van der Waals surface area (Å²) in [7, 11) is 0. The van der Waals surface area contributed by atoms with E-state index in [0.717, 1.165) is 0 Å². The summed E-state index contributed by atoms with van der Waals surface area (Å²) < 4.78 is 17.8. The van der Waals surface area contributed by atoms with Crippen molar-refractivity contribution in [1.82, 2.24) is 0 Å². The largest absolute Gasteiger partial charge is 0.508 e. The van der Waals surface area contributed by atoms with Crippen LogP contribution in [0.25, 0.3) is 0 Å². The smallest absolute Gasteiger partial charge is 0.212 e. The number of aromatic hydroxyl groups is 3. The second-order valence-electron chi connectivity index (χ2n) is 6.38. The first-order chi connectivity index (χ1) is 14.6. The fraction of sp³-hybridized carbons (Fsp3) is 0. The molecule has 4 aromatic rings. The lowest BCUT2D eigenvalue weighted by Gasteiger charge is -2.17. The summed E-state index contributed by atoms with van der Waals surface area (Å²) in [5, 5.41) is 29.2. The van der Waals surface area contributed by atoms with Gasteiger partial charge in [-0.1, -0.05) is 24.3 Å². The first-order valence-electron chi connectivity index (χ1n) is 9.10. The van der Waals surface area contributed by atoms with E-state index in [1.54, 1.807) is 66.7 Å². The molecule has 0 atom stereocenters. The molecule has 0 spiro atoms. The molecule has 3 N–H and O–H groups in total. The second kappa shape index (κ2) is 8.36. The molecule has 4 rings (SSSR count). The van der Waals surface area contributed by atoms with Crippen molar-refractivity contribution in [1.29, 1.82) is 0 Å². The highest BCUT2D eigenvalue weighted by Gasteiger charge is 2.16. The van der Waals surface area contributed by atoms with E-state index < -0.39 is 0 Å². The minimum Gasteiger partial charge on any atom is -0.508 e. The Kier molecular flexibility index (Phi) is 5.30. The van der Waals surface area contributed by atoms with E-state index in [0.29, 0.717) is 28.7 Å². The second-order valence-corrected chi connectivity index (χ2v) is 6.38. The molecule has 0 fully saturated rings. The Morgan fingerprint density at radius 1 is 0.433 bits per heavy atom. The van der Waals surface area contributed by atoms with E-state index in [9.17, 15) is 15.3 Å². The average Bonchev–Trinajstić information content (AvgIpc) is 2.70. The predicted octanol–water partition coefficient (Wildman–Crippen LogP) is 6.18. The Labute approximate surface area is 172 Å². The van der Waals surface area contributed by atoms with Gasteiger partial charge in [-0.2, -0.15) is 0 Å². The van der Waals surface area contributed by atoms with Crippen LogP contribution in [0.3, 0.4) is 0 Å². The Bertz CT molecular complexity index is 1110. The highest BCUT2D eigenvalue weighted by molar-refractivity contribution is 5.56. The van der Waals surface area contributed by atoms with Crippen LogP contribution in [0.1, 0.15) is 0 Å². The van der Waals surface area contributed by atoms with Gasteiger partial charge in [-0.25, -0.2) is 0 Å². The summed E-state index contributed by atoms with van der Waals surface area (Å²) in [6.45, 7) is 0. The van der Waals surface area contributed by atoms with Gasteiger partial charge in [0, 0.05) is 18.2 Å². The van der Waals surface area contributed by atoms with E-state index in [1.807, 2.05) is 0 Å². The Morgan fingerprint density at radius 3 is 1.20 bits per heavy atom. The fourth-order valence-electron chi connectivity index (χ4n) is 2.77. The molecule has 150 valence electrons. The van der Waals surface area contributed by atoms with Crippen LogP contribution in [0.2, 0.25) is 0 Å². The van der Waals surface area contributed by atoms with Gasteiger partial charge in [-0.3, -0.25) is 0 Å². The highest BCUT2D eigenvalue weighted by atomic mass is 16.5. The monoisotopic (exact) mass is 402 g/mol. The molecule has 0 aromatic heterocycles. The zero-order chi connectivity index (χ0) is 20.9. The van der Waals surface area contributed by atoms with Crippen molar-refractivity contribution in [3.8, 4) is 51.7 Å². The van der Waals surface area contributed by atoms with Crippen LogP contribution in [0.4, 0.5) is 0 Å². The van der Waals surface area contributed by atoms with Gasteiger partial charge in [0.25, 0.3) is 0 Å². The average molecular weight is 402 g/mol. The van der Waals surface area contributed by atoms with Gasteiger partial charge in [0.1, 0.15) is 34.5 Å². The van der Waals surface area contributed by atoms with Crippen LogP contribution in [0, 0.1) is 0 Å². The lowest BCUT2D eigenvalue weighted by molar-refractivity contribution is 0.381. The van der Waals surface area contributed by atoms with Crippen LogP contribution in [-0.4, -0.2) is 15.3 Å². The molecule has 0 amide bonds. The molecule has 0 unspecified atom stereocenters. The van der Waals surface area contributed by atoms with Crippen molar-refractivity contribution < 1.29 is 29.5 Å². The van der Waals surface area contributed by atoms with E-state index in [2.05, 4.69) is 0 Å². The van der Waals surface area contributed by atoms with E-state index in [4.69, 9.17) is 14.2 Å². The Morgan fingerprint density at radius 2 is 0.800 bits per heavy atom. The van der Waals surface area contributed by atoms with Gasteiger partial charge in [-0.05, 0) is 48.5 Å². The molecule has 0 heterocycles. The number of benzene rings is 4. The van der Waals surface area contributed by atoms with Crippen molar-refractivity contribution in [3.63, 3.8) is 0 Å². The third-order valence-corrected chi connectivity index (χ3v) is 4.07. The first-order valence-corrected chi connectivity index (χ1v) is 9.10. The molecule has 0 aliphatic carbocycles. The summed E-state index contributed by atoms with van der Waals surface area (Å²) in [5.41, 5.74) is 0. The molecule has 0 aliphatic heterocycles. The molecule has 0 aliphatic rings. The molecule has 6 heteroatoms. The van der Waals surface area contributed by atoms with Crippen LogP contribution < -0.4 is 14.2 Å². The molecule has 0 bridgehead atoms. The van der Waals surface area contributed by atoms with Crippen molar-refractivity contribution in [2.45, 2.75) is 0 Å². The third-order valence-electron chi connectivity index (χ3n) is 4.07. The molecule has 0 saturated carbocycles. The molecule has 30 heavy (non-hydrogen) atoms. The van der Waals surface area contributed by atoms with Gasteiger partial charge in [0.05, 0.1) is 0 Å². The number of hydrogen-bond donors (Lipinski definition) is 3. The Hall–Kier alpha value is -4.32. The summed E-state index contributed by atoms with van der Waals surface area (Å²) in [4.78, 5) is 0. The van der Waals surface area contributed by atoms with Gasteiger partial charge in [0.2, 0.25) is 5.75 Å². The molecule has 0 saturated heterocycles.